The van der Waals surface area contributed by atoms with Crippen LogP contribution in [0.1, 0.15) is 0 Å². The van der Waals surface area contributed by atoms with E-state index in [1.54, 1.807) is 18.4 Å². The van der Waals surface area contributed by atoms with Crippen LogP contribution in [0.2, 0.25) is 0 Å². The summed E-state index contributed by atoms with van der Waals surface area (Å²) in [6.07, 6.45) is 1.17. The Morgan fingerprint density at radius 3 is 2.87 bits per heavy atom. The van der Waals surface area contributed by atoms with Crippen LogP contribution in [0.4, 0.5) is 5.82 Å². The molecular formula is C16H14N4O2S. The van der Waals surface area contributed by atoms with Crippen LogP contribution in [0.3, 0.4) is 0 Å². The summed E-state index contributed by atoms with van der Waals surface area (Å²) in [6, 6.07) is 9.43. The number of nitrogens with zero attached hydrogens (tertiary/aromatic N) is 2. The minimum atomic E-state index is -0.357. The zero-order valence-electron chi connectivity index (χ0n) is 12.4. The smallest absolute Gasteiger partial charge is 0.261 e. The summed E-state index contributed by atoms with van der Waals surface area (Å²) in [5, 5.41) is 2.65. The molecule has 0 atom stereocenters. The van der Waals surface area contributed by atoms with Gasteiger partial charge < -0.3 is 4.74 Å². The Bertz CT molecular complexity index is 862. The van der Waals surface area contributed by atoms with Crippen molar-refractivity contribution in [3.8, 4) is 16.5 Å². The first kappa shape index (κ1) is 15.0. The third-order valence-corrected chi connectivity index (χ3v) is 4.00. The van der Waals surface area contributed by atoms with E-state index in [9.17, 15) is 4.79 Å². The lowest BCUT2D eigenvalue weighted by Crippen LogP contribution is -2.28. The van der Waals surface area contributed by atoms with Crippen LogP contribution in [0.5, 0.6) is 5.75 Å². The molecule has 7 heteroatoms. The molecule has 2 aromatic heterocycles. The van der Waals surface area contributed by atoms with Gasteiger partial charge in [0, 0.05) is 0 Å². The van der Waals surface area contributed by atoms with Gasteiger partial charge in [0.2, 0.25) is 0 Å². The monoisotopic (exact) mass is 326 g/mol. The van der Waals surface area contributed by atoms with Gasteiger partial charge in [0.25, 0.3) is 5.91 Å². The van der Waals surface area contributed by atoms with Crippen LogP contribution in [0.25, 0.3) is 21.6 Å². The van der Waals surface area contributed by atoms with Gasteiger partial charge in [0.15, 0.2) is 11.6 Å². The number of fused-ring (bicyclic) bond motifs is 1. The molecule has 0 saturated heterocycles. The van der Waals surface area contributed by atoms with E-state index in [0.717, 1.165) is 10.4 Å². The number of anilines is 1. The Kier molecular flexibility index (Phi) is 4.20. The summed E-state index contributed by atoms with van der Waals surface area (Å²) >= 11 is 1.54. The maximum absolute atomic E-state index is 11.4. The van der Waals surface area contributed by atoms with Gasteiger partial charge in [-0.25, -0.2) is 9.97 Å². The van der Waals surface area contributed by atoms with E-state index >= 15 is 0 Å². The van der Waals surface area contributed by atoms with E-state index in [2.05, 4.69) is 27.4 Å². The van der Waals surface area contributed by atoms with Gasteiger partial charge in [-0.2, -0.15) is 0 Å². The fourth-order valence-corrected chi connectivity index (χ4v) is 2.76. The molecule has 0 fully saturated rings. The number of carbonyl (C=O) groups excluding carboxylic acids is 1. The quantitative estimate of drug-likeness (QED) is 0.557. The highest BCUT2D eigenvalue weighted by Gasteiger charge is 2.14. The fraction of sp³-hybridized carbons (Fsp3) is 0.0625. The molecule has 1 aromatic carbocycles. The number of nitrogens with one attached hydrogen (secondary N) is 2. The molecule has 0 aliphatic carbocycles. The maximum atomic E-state index is 11.4. The molecule has 0 spiro atoms. The molecule has 2 heterocycles. The number of hydrazine groups is 1. The summed E-state index contributed by atoms with van der Waals surface area (Å²) in [6.45, 7) is 3.42. The Balaban J connectivity index is 2.15. The molecule has 3 aromatic rings. The Morgan fingerprint density at radius 2 is 2.17 bits per heavy atom. The first-order chi connectivity index (χ1) is 11.2. The van der Waals surface area contributed by atoms with Gasteiger partial charge in [-0.05, 0) is 29.7 Å². The number of carbonyl (C=O) groups is 1. The van der Waals surface area contributed by atoms with Gasteiger partial charge >= 0.3 is 0 Å². The van der Waals surface area contributed by atoms with E-state index in [-0.39, 0.29) is 5.91 Å². The molecule has 0 unspecified atom stereocenters. The molecule has 0 aliphatic rings. The molecule has 0 radical (unpaired) electrons. The topological polar surface area (TPSA) is 76.1 Å². The molecular weight excluding hydrogens is 312 g/mol. The first-order valence-corrected chi connectivity index (χ1v) is 7.68. The van der Waals surface area contributed by atoms with E-state index in [4.69, 9.17) is 4.74 Å². The van der Waals surface area contributed by atoms with E-state index in [0.29, 0.717) is 22.8 Å². The number of aromatic nitrogens is 2. The maximum Gasteiger partial charge on any atom is 0.261 e. The number of methoxy groups -OCH3 is 1. The molecule has 1 amide bonds. The Morgan fingerprint density at radius 1 is 1.30 bits per heavy atom. The number of hydrogen-bond acceptors (Lipinski definition) is 6. The Labute approximate surface area is 136 Å². The van der Waals surface area contributed by atoms with Gasteiger partial charge in [0.1, 0.15) is 5.75 Å². The normalized spacial score (nSPS) is 10.3. The number of amides is 1. The van der Waals surface area contributed by atoms with Crippen LogP contribution in [-0.2, 0) is 4.79 Å². The molecule has 0 bridgehead atoms. The molecule has 6 nitrogen and oxygen atoms in total. The van der Waals surface area contributed by atoms with E-state index < -0.39 is 0 Å². The van der Waals surface area contributed by atoms with Crippen molar-refractivity contribution in [3.05, 3.63) is 48.4 Å². The van der Waals surface area contributed by atoms with E-state index in [1.165, 1.54) is 6.08 Å². The molecule has 23 heavy (non-hydrogen) atoms. The van der Waals surface area contributed by atoms with Crippen LogP contribution < -0.4 is 15.6 Å². The predicted octanol–water partition coefficient (Wildman–Crippen LogP) is 3.00. The van der Waals surface area contributed by atoms with Crippen LogP contribution >= 0.6 is 11.3 Å². The fourth-order valence-electron chi connectivity index (χ4n) is 2.10. The van der Waals surface area contributed by atoms with Gasteiger partial charge in [-0.15, -0.1) is 11.3 Å². The van der Waals surface area contributed by atoms with Crippen molar-refractivity contribution in [2.45, 2.75) is 0 Å². The van der Waals surface area contributed by atoms with Gasteiger partial charge in [0.05, 0.1) is 22.9 Å². The SMILES string of the molecule is C=CC(=O)NNc1nc(-c2cccs2)nc2cccc(OC)c12. The number of hydrogen-bond donors (Lipinski definition) is 2. The van der Waals surface area contributed by atoms with Crippen LogP contribution in [-0.4, -0.2) is 23.0 Å². The minimum absolute atomic E-state index is 0.357. The average Bonchev–Trinajstić information content (AvgIpc) is 3.13. The van der Waals surface area contributed by atoms with Crippen molar-refractivity contribution in [3.63, 3.8) is 0 Å². The third-order valence-electron chi connectivity index (χ3n) is 3.14. The molecule has 3 rings (SSSR count). The lowest BCUT2D eigenvalue weighted by molar-refractivity contribution is -0.116. The summed E-state index contributed by atoms with van der Waals surface area (Å²) in [5.74, 6) is 1.31. The zero-order valence-corrected chi connectivity index (χ0v) is 13.2. The number of benzene rings is 1. The highest BCUT2D eigenvalue weighted by Crippen LogP contribution is 2.32. The van der Waals surface area contributed by atoms with E-state index in [1.807, 2.05) is 35.7 Å². The molecule has 116 valence electrons. The van der Waals surface area contributed by atoms with Crippen molar-refractivity contribution >= 4 is 34.0 Å². The first-order valence-electron chi connectivity index (χ1n) is 6.80. The number of thiophene rings is 1. The predicted molar refractivity (Wildman–Crippen MR) is 91.4 cm³/mol. The highest BCUT2D eigenvalue weighted by atomic mass is 32.1. The standard InChI is InChI=1S/C16H14N4O2S/c1-3-13(21)19-20-16-14-10(6-4-7-11(14)22-2)17-15(18-16)12-8-5-9-23-12/h3-9H,1H2,2H3,(H,19,21)(H,17,18,20). The summed E-state index contributed by atoms with van der Waals surface area (Å²) in [7, 11) is 1.58. The number of ether oxygens (including phenoxy) is 1. The Hall–Kier alpha value is -2.93. The average molecular weight is 326 g/mol. The van der Waals surface area contributed by atoms with Crippen molar-refractivity contribution in [2.24, 2.45) is 0 Å². The second kappa shape index (κ2) is 6.45. The zero-order chi connectivity index (χ0) is 16.2. The highest BCUT2D eigenvalue weighted by molar-refractivity contribution is 7.13. The number of rotatable bonds is 5. The van der Waals surface area contributed by atoms with Crippen LogP contribution in [0.15, 0.2) is 48.4 Å². The second-order valence-electron chi connectivity index (χ2n) is 4.55. The molecule has 2 N–H and O–H groups in total. The third kappa shape index (κ3) is 3.00. The molecule has 0 saturated carbocycles. The van der Waals surface area contributed by atoms with Crippen molar-refractivity contribution in [1.82, 2.24) is 15.4 Å². The van der Waals surface area contributed by atoms with Gasteiger partial charge in [-0.3, -0.25) is 15.6 Å². The summed E-state index contributed by atoms with van der Waals surface area (Å²) < 4.78 is 5.38. The largest absolute Gasteiger partial charge is 0.496 e. The lowest BCUT2D eigenvalue weighted by Gasteiger charge is -2.13. The molecule has 0 aliphatic heterocycles. The van der Waals surface area contributed by atoms with Crippen molar-refractivity contribution < 1.29 is 9.53 Å². The second-order valence-corrected chi connectivity index (χ2v) is 5.49. The minimum Gasteiger partial charge on any atom is -0.496 e. The van der Waals surface area contributed by atoms with Crippen molar-refractivity contribution in [2.75, 3.05) is 12.5 Å². The van der Waals surface area contributed by atoms with Crippen molar-refractivity contribution in [1.29, 1.82) is 0 Å². The summed E-state index contributed by atoms with van der Waals surface area (Å²) in [4.78, 5) is 21.5. The summed E-state index contributed by atoms with van der Waals surface area (Å²) in [5.41, 5.74) is 6.05. The van der Waals surface area contributed by atoms with Crippen LogP contribution in [0, 0.1) is 0 Å². The lowest BCUT2D eigenvalue weighted by atomic mass is 10.2. The van der Waals surface area contributed by atoms with Gasteiger partial charge in [-0.1, -0.05) is 18.7 Å².